The van der Waals surface area contributed by atoms with Crippen molar-refractivity contribution in [1.82, 2.24) is 10.6 Å². The maximum Gasteiger partial charge on any atom is 0.191 e. The highest BCUT2D eigenvalue weighted by Crippen LogP contribution is 2.16. The Kier molecular flexibility index (Phi) is 7.29. The fourth-order valence-corrected chi connectivity index (χ4v) is 2.46. The Labute approximate surface area is 149 Å². The van der Waals surface area contributed by atoms with Crippen molar-refractivity contribution in [2.75, 3.05) is 20.2 Å². The zero-order valence-electron chi connectivity index (χ0n) is 15.1. The molecule has 0 aliphatic heterocycles. The Morgan fingerprint density at radius 2 is 1.92 bits per heavy atom. The van der Waals surface area contributed by atoms with E-state index in [9.17, 15) is 5.11 Å². The van der Waals surface area contributed by atoms with Crippen LogP contribution in [0.2, 0.25) is 0 Å². The van der Waals surface area contributed by atoms with E-state index in [0.717, 1.165) is 23.4 Å². The van der Waals surface area contributed by atoms with Gasteiger partial charge in [-0.15, -0.1) is 0 Å². The summed E-state index contributed by atoms with van der Waals surface area (Å²) in [5, 5.41) is 16.7. The van der Waals surface area contributed by atoms with Gasteiger partial charge in [0.05, 0.1) is 19.8 Å². The van der Waals surface area contributed by atoms with Crippen LogP contribution in [0, 0.1) is 6.92 Å². The molecule has 5 heteroatoms. The number of aliphatic imine (C=N–C) groups is 1. The molecule has 5 nitrogen and oxygen atoms in total. The fourth-order valence-electron chi connectivity index (χ4n) is 2.46. The molecule has 0 bridgehead atoms. The largest absolute Gasteiger partial charge is 0.497 e. The smallest absolute Gasteiger partial charge is 0.191 e. The van der Waals surface area contributed by atoms with Gasteiger partial charge in [-0.05, 0) is 37.1 Å². The van der Waals surface area contributed by atoms with E-state index in [0.29, 0.717) is 19.0 Å². The van der Waals surface area contributed by atoms with Crippen molar-refractivity contribution in [3.8, 4) is 5.75 Å². The fraction of sp³-hybridized carbons (Fsp3) is 0.350. The molecular weight excluding hydrogens is 314 g/mol. The first-order valence-corrected chi connectivity index (χ1v) is 8.52. The van der Waals surface area contributed by atoms with Gasteiger partial charge in [0.25, 0.3) is 0 Å². The number of benzene rings is 2. The lowest BCUT2D eigenvalue weighted by Gasteiger charge is -2.16. The average Bonchev–Trinajstić information content (AvgIpc) is 2.64. The predicted molar refractivity (Wildman–Crippen MR) is 102 cm³/mol. The van der Waals surface area contributed by atoms with Gasteiger partial charge in [0.2, 0.25) is 0 Å². The quantitative estimate of drug-likeness (QED) is 0.535. The van der Waals surface area contributed by atoms with Crippen LogP contribution in [0.5, 0.6) is 5.75 Å². The van der Waals surface area contributed by atoms with Crippen LogP contribution in [0.15, 0.2) is 53.5 Å². The van der Waals surface area contributed by atoms with Crippen molar-refractivity contribution >= 4 is 5.96 Å². The molecule has 0 saturated carbocycles. The molecular formula is C20H27N3O2. The molecule has 0 spiro atoms. The second-order valence-electron chi connectivity index (χ2n) is 5.85. The molecule has 1 unspecified atom stereocenters. The highest BCUT2D eigenvalue weighted by atomic mass is 16.5. The monoisotopic (exact) mass is 341 g/mol. The molecule has 2 aromatic carbocycles. The molecule has 134 valence electrons. The van der Waals surface area contributed by atoms with Crippen LogP contribution in [-0.2, 0) is 6.54 Å². The van der Waals surface area contributed by atoms with Gasteiger partial charge < -0.3 is 20.5 Å². The maximum absolute atomic E-state index is 10.3. The number of nitrogens with one attached hydrogen (secondary N) is 2. The van der Waals surface area contributed by atoms with E-state index in [-0.39, 0.29) is 0 Å². The van der Waals surface area contributed by atoms with Gasteiger partial charge in [0.1, 0.15) is 5.75 Å². The molecule has 0 aliphatic rings. The van der Waals surface area contributed by atoms with Gasteiger partial charge >= 0.3 is 0 Å². The van der Waals surface area contributed by atoms with Crippen molar-refractivity contribution in [3.05, 3.63) is 65.2 Å². The first-order valence-electron chi connectivity index (χ1n) is 8.52. The summed E-state index contributed by atoms with van der Waals surface area (Å²) < 4.78 is 5.14. The highest BCUT2D eigenvalue weighted by Gasteiger charge is 2.08. The van der Waals surface area contributed by atoms with Crippen LogP contribution in [0.1, 0.15) is 29.7 Å². The summed E-state index contributed by atoms with van der Waals surface area (Å²) in [6.07, 6.45) is -0.617. The Morgan fingerprint density at radius 3 is 2.56 bits per heavy atom. The molecule has 25 heavy (non-hydrogen) atoms. The van der Waals surface area contributed by atoms with E-state index in [2.05, 4.69) is 40.7 Å². The lowest BCUT2D eigenvalue weighted by molar-refractivity contribution is 0.180. The van der Waals surface area contributed by atoms with Crippen LogP contribution in [0.3, 0.4) is 0 Å². The number of nitrogens with zero attached hydrogens (tertiary/aromatic N) is 1. The number of aliphatic hydroxyl groups excluding tert-OH is 1. The predicted octanol–water partition coefficient (Wildman–Crippen LogP) is 2.79. The lowest BCUT2D eigenvalue weighted by Crippen LogP contribution is -2.39. The minimum atomic E-state index is -0.617. The van der Waals surface area contributed by atoms with Crippen LogP contribution in [0.4, 0.5) is 0 Å². The van der Waals surface area contributed by atoms with E-state index in [1.54, 1.807) is 7.11 Å². The Hall–Kier alpha value is -2.53. The van der Waals surface area contributed by atoms with Crippen molar-refractivity contribution in [2.45, 2.75) is 26.5 Å². The summed E-state index contributed by atoms with van der Waals surface area (Å²) >= 11 is 0. The molecule has 0 saturated heterocycles. The number of guanidine groups is 1. The highest BCUT2D eigenvalue weighted by molar-refractivity contribution is 5.79. The lowest BCUT2D eigenvalue weighted by atomic mass is 10.1. The molecule has 2 rings (SSSR count). The topological polar surface area (TPSA) is 65.9 Å². The van der Waals surface area contributed by atoms with Gasteiger partial charge in [-0.2, -0.15) is 0 Å². The Bertz CT molecular complexity index is 684. The second kappa shape index (κ2) is 9.69. The maximum atomic E-state index is 10.3. The van der Waals surface area contributed by atoms with Gasteiger partial charge in [-0.1, -0.05) is 42.0 Å². The second-order valence-corrected chi connectivity index (χ2v) is 5.85. The Balaban J connectivity index is 1.94. The third kappa shape index (κ3) is 6.12. The van der Waals surface area contributed by atoms with Gasteiger partial charge in [-0.25, -0.2) is 4.99 Å². The van der Waals surface area contributed by atoms with Crippen LogP contribution < -0.4 is 15.4 Å². The number of hydrogen-bond acceptors (Lipinski definition) is 3. The molecule has 1 atom stereocenters. The zero-order valence-corrected chi connectivity index (χ0v) is 15.1. The number of ether oxygens (including phenoxy) is 1. The van der Waals surface area contributed by atoms with E-state index < -0.39 is 6.10 Å². The summed E-state index contributed by atoms with van der Waals surface area (Å²) in [6, 6.07) is 15.7. The zero-order chi connectivity index (χ0) is 18.1. The number of hydrogen-bond donors (Lipinski definition) is 3. The van der Waals surface area contributed by atoms with Gasteiger partial charge in [0.15, 0.2) is 5.96 Å². The molecule has 3 N–H and O–H groups in total. The third-order valence-electron chi connectivity index (χ3n) is 3.81. The van der Waals surface area contributed by atoms with Gasteiger partial charge in [0, 0.05) is 13.1 Å². The Morgan fingerprint density at radius 1 is 1.16 bits per heavy atom. The molecule has 2 aromatic rings. The van der Waals surface area contributed by atoms with Crippen molar-refractivity contribution in [2.24, 2.45) is 4.99 Å². The van der Waals surface area contributed by atoms with E-state index in [1.807, 2.05) is 37.3 Å². The number of aliphatic hydroxyl groups is 1. The van der Waals surface area contributed by atoms with E-state index in [1.165, 1.54) is 5.56 Å². The summed E-state index contributed by atoms with van der Waals surface area (Å²) in [6.45, 7) is 5.82. The minimum absolute atomic E-state index is 0.381. The first kappa shape index (κ1) is 18.8. The van der Waals surface area contributed by atoms with Gasteiger partial charge in [-0.3, -0.25) is 0 Å². The normalized spacial score (nSPS) is 12.6. The number of rotatable bonds is 7. The van der Waals surface area contributed by atoms with Crippen molar-refractivity contribution < 1.29 is 9.84 Å². The first-order chi connectivity index (χ1) is 12.1. The van der Waals surface area contributed by atoms with Crippen LogP contribution in [-0.4, -0.2) is 31.3 Å². The van der Waals surface area contributed by atoms with Crippen molar-refractivity contribution in [3.63, 3.8) is 0 Å². The number of aryl methyl sites for hydroxylation is 1. The molecule has 0 fully saturated rings. The summed E-state index contributed by atoms with van der Waals surface area (Å²) in [5.74, 6) is 1.47. The number of methoxy groups -OCH3 is 1. The van der Waals surface area contributed by atoms with Crippen LogP contribution >= 0.6 is 0 Å². The molecule has 0 aliphatic carbocycles. The summed E-state index contributed by atoms with van der Waals surface area (Å²) in [7, 11) is 1.63. The van der Waals surface area contributed by atoms with E-state index in [4.69, 9.17) is 4.74 Å². The molecule has 0 radical (unpaired) electrons. The molecule has 0 amide bonds. The average molecular weight is 341 g/mol. The minimum Gasteiger partial charge on any atom is -0.497 e. The van der Waals surface area contributed by atoms with E-state index >= 15 is 0 Å². The SMILES string of the molecule is CCNC(=NCc1cccc(C)c1)NCC(O)c1ccc(OC)cc1. The molecule has 0 heterocycles. The standard InChI is InChI=1S/C20H27N3O2/c1-4-21-20(22-13-16-7-5-6-15(2)12-16)23-14-19(24)17-8-10-18(25-3)11-9-17/h5-12,19,24H,4,13-14H2,1-3H3,(H2,21,22,23). The molecule has 0 aromatic heterocycles. The third-order valence-corrected chi connectivity index (χ3v) is 3.81. The van der Waals surface area contributed by atoms with Crippen molar-refractivity contribution in [1.29, 1.82) is 0 Å². The summed E-state index contributed by atoms with van der Waals surface area (Å²) in [4.78, 5) is 4.58. The van der Waals surface area contributed by atoms with Crippen LogP contribution in [0.25, 0.3) is 0 Å². The summed E-state index contributed by atoms with van der Waals surface area (Å²) in [5.41, 5.74) is 3.22.